The monoisotopic (exact) mass is 272 g/mol. The number of carbonyl (C=O) groups excluding carboxylic acids is 1. The van der Waals surface area contributed by atoms with Gasteiger partial charge < -0.3 is 4.74 Å². The van der Waals surface area contributed by atoms with Crippen LogP contribution in [0.4, 0.5) is 4.39 Å². The quantitative estimate of drug-likeness (QED) is 0.625. The third kappa shape index (κ3) is 3.05. The Morgan fingerprint density at radius 1 is 1.05 bits per heavy atom. The molecule has 0 spiro atoms. The smallest absolute Gasteiger partial charge is 0.315 e. The molecule has 2 nitrogen and oxygen atoms in total. The van der Waals surface area contributed by atoms with E-state index >= 15 is 0 Å². The molecular weight excluding hydrogens is 255 g/mol. The van der Waals surface area contributed by atoms with Crippen LogP contribution in [0.2, 0.25) is 0 Å². The second-order valence-corrected chi connectivity index (χ2v) is 4.90. The first kappa shape index (κ1) is 14.3. The fourth-order valence-electron chi connectivity index (χ4n) is 2.03. The highest BCUT2D eigenvalue weighted by Gasteiger charge is 2.13. The third-order valence-electron chi connectivity index (χ3n) is 3.38. The summed E-state index contributed by atoms with van der Waals surface area (Å²) in [4.78, 5) is 12.0. The van der Waals surface area contributed by atoms with E-state index in [1.165, 1.54) is 6.07 Å². The predicted octanol–water partition coefficient (Wildman–Crippen LogP) is 3.90. The van der Waals surface area contributed by atoms with E-state index in [2.05, 4.69) is 0 Å². The number of esters is 1. The molecule has 0 bridgehead atoms. The maximum Gasteiger partial charge on any atom is 0.315 e. The Labute approximate surface area is 118 Å². The molecule has 0 fully saturated rings. The van der Waals surface area contributed by atoms with Crippen LogP contribution in [-0.2, 0) is 11.2 Å². The first-order chi connectivity index (χ1) is 9.49. The maximum absolute atomic E-state index is 13.5. The molecule has 0 aliphatic heterocycles. The van der Waals surface area contributed by atoms with E-state index in [-0.39, 0.29) is 12.2 Å². The lowest BCUT2D eigenvalue weighted by Crippen LogP contribution is -2.14. The molecular formula is C17H17FO2. The normalized spacial score (nSPS) is 10.4. The largest absolute Gasteiger partial charge is 0.426 e. The van der Waals surface area contributed by atoms with Gasteiger partial charge in [-0.05, 0) is 49.1 Å². The van der Waals surface area contributed by atoms with Gasteiger partial charge in [-0.15, -0.1) is 0 Å². The van der Waals surface area contributed by atoms with Crippen LogP contribution in [0.15, 0.2) is 36.4 Å². The van der Waals surface area contributed by atoms with E-state index in [9.17, 15) is 9.18 Å². The molecule has 104 valence electrons. The molecule has 0 aliphatic carbocycles. The van der Waals surface area contributed by atoms with E-state index in [0.29, 0.717) is 11.3 Å². The summed E-state index contributed by atoms with van der Waals surface area (Å²) in [5.74, 6) is -0.264. The number of aryl methyl sites for hydroxylation is 2. The summed E-state index contributed by atoms with van der Waals surface area (Å²) in [6.45, 7) is 5.76. The van der Waals surface area contributed by atoms with Crippen LogP contribution in [0, 0.1) is 26.6 Å². The van der Waals surface area contributed by atoms with Crippen LogP contribution in [0.25, 0.3) is 0 Å². The van der Waals surface area contributed by atoms with E-state index < -0.39 is 5.97 Å². The molecule has 2 aromatic carbocycles. The Bertz CT molecular complexity index is 647. The van der Waals surface area contributed by atoms with Gasteiger partial charge in [0, 0.05) is 0 Å². The lowest BCUT2D eigenvalue weighted by molar-refractivity contribution is -0.133. The van der Waals surface area contributed by atoms with Gasteiger partial charge >= 0.3 is 5.97 Å². The summed E-state index contributed by atoms with van der Waals surface area (Å²) >= 11 is 0. The number of carbonyl (C=O) groups is 1. The Hall–Kier alpha value is -2.16. The molecule has 0 aliphatic rings. The number of ether oxygens (including phenoxy) is 1. The van der Waals surface area contributed by atoms with Gasteiger partial charge in [0.05, 0.1) is 6.42 Å². The van der Waals surface area contributed by atoms with Gasteiger partial charge in [0.1, 0.15) is 11.6 Å². The number of halogens is 1. The number of rotatable bonds is 3. The van der Waals surface area contributed by atoms with Crippen LogP contribution in [0.5, 0.6) is 5.75 Å². The van der Waals surface area contributed by atoms with Crippen LogP contribution < -0.4 is 4.74 Å². The van der Waals surface area contributed by atoms with E-state index in [1.54, 1.807) is 18.2 Å². The number of benzene rings is 2. The fourth-order valence-corrected chi connectivity index (χ4v) is 2.03. The van der Waals surface area contributed by atoms with E-state index in [0.717, 1.165) is 16.7 Å². The summed E-state index contributed by atoms with van der Waals surface area (Å²) in [5.41, 5.74) is 3.24. The van der Waals surface area contributed by atoms with Gasteiger partial charge in [0.2, 0.25) is 0 Å². The summed E-state index contributed by atoms with van der Waals surface area (Å²) < 4.78 is 18.9. The van der Waals surface area contributed by atoms with Crippen molar-refractivity contribution in [1.82, 2.24) is 0 Å². The van der Waals surface area contributed by atoms with Crippen molar-refractivity contribution >= 4 is 5.97 Å². The van der Waals surface area contributed by atoms with Crippen molar-refractivity contribution in [2.45, 2.75) is 27.2 Å². The minimum absolute atomic E-state index is 0.0699. The zero-order valence-electron chi connectivity index (χ0n) is 11.9. The molecule has 2 rings (SSSR count). The van der Waals surface area contributed by atoms with Crippen molar-refractivity contribution in [3.8, 4) is 5.75 Å². The van der Waals surface area contributed by atoms with E-state index in [4.69, 9.17) is 4.74 Å². The van der Waals surface area contributed by atoms with Crippen LogP contribution in [-0.4, -0.2) is 5.97 Å². The van der Waals surface area contributed by atoms with Crippen molar-refractivity contribution in [3.63, 3.8) is 0 Å². The average molecular weight is 272 g/mol. The Morgan fingerprint density at radius 3 is 2.40 bits per heavy atom. The van der Waals surface area contributed by atoms with Gasteiger partial charge in [-0.25, -0.2) is 4.39 Å². The molecule has 0 unspecified atom stereocenters. The summed E-state index contributed by atoms with van der Waals surface area (Å²) in [6.07, 6.45) is -0.0699. The van der Waals surface area contributed by atoms with Gasteiger partial charge in [-0.2, -0.15) is 0 Å². The average Bonchev–Trinajstić information content (AvgIpc) is 2.42. The standard InChI is InChI=1S/C17H17FO2/c1-11-8-9-12(2)17(13(11)3)20-16(19)10-14-6-4-5-7-15(14)18/h4-9H,10H2,1-3H3. The Balaban J connectivity index is 2.17. The fraction of sp³-hybridized carbons (Fsp3) is 0.235. The molecule has 2 aromatic rings. The minimum atomic E-state index is -0.452. The second kappa shape index (κ2) is 5.87. The zero-order chi connectivity index (χ0) is 14.7. The topological polar surface area (TPSA) is 26.3 Å². The molecule has 0 saturated heterocycles. The lowest BCUT2D eigenvalue weighted by Gasteiger charge is -2.12. The number of hydrogen-bond acceptors (Lipinski definition) is 2. The number of hydrogen-bond donors (Lipinski definition) is 0. The first-order valence-corrected chi connectivity index (χ1v) is 6.50. The second-order valence-electron chi connectivity index (χ2n) is 4.90. The highest BCUT2D eigenvalue weighted by atomic mass is 19.1. The predicted molar refractivity (Wildman–Crippen MR) is 76.4 cm³/mol. The van der Waals surface area contributed by atoms with Crippen molar-refractivity contribution in [1.29, 1.82) is 0 Å². The molecule has 0 saturated carbocycles. The molecule has 3 heteroatoms. The molecule has 0 amide bonds. The lowest BCUT2D eigenvalue weighted by atomic mass is 10.1. The first-order valence-electron chi connectivity index (χ1n) is 6.50. The zero-order valence-corrected chi connectivity index (χ0v) is 11.9. The van der Waals surface area contributed by atoms with Gasteiger partial charge in [-0.3, -0.25) is 4.79 Å². The SMILES string of the molecule is Cc1ccc(C)c(OC(=O)Cc2ccccc2F)c1C. The molecule has 20 heavy (non-hydrogen) atoms. The van der Waals surface area contributed by atoms with Crippen LogP contribution >= 0.6 is 0 Å². The maximum atomic E-state index is 13.5. The molecule has 0 aromatic heterocycles. The summed E-state index contributed by atoms with van der Waals surface area (Å²) in [6, 6.07) is 10.1. The highest BCUT2D eigenvalue weighted by Crippen LogP contribution is 2.26. The van der Waals surface area contributed by atoms with Gasteiger partial charge in [0.15, 0.2) is 0 Å². The molecule has 0 N–H and O–H groups in total. The molecule has 0 heterocycles. The minimum Gasteiger partial charge on any atom is -0.426 e. The van der Waals surface area contributed by atoms with Gasteiger partial charge in [-0.1, -0.05) is 30.3 Å². The van der Waals surface area contributed by atoms with Crippen molar-refractivity contribution < 1.29 is 13.9 Å². The van der Waals surface area contributed by atoms with E-state index in [1.807, 2.05) is 32.9 Å². The van der Waals surface area contributed by atoms with Gasteiger partial charge in [0.25, 0.3) is 0 Å². The molecule has 0 radical (unpaired) electrons. The van der Waals surface area contributed by atoms with Crippen molar-refractivity contribution in [2.75, 3.05) is 0 Å². The van der Waals surface area contributed by atoms with Crippen LogP contribution in [0.3, 0.4) is 0 Å². The summed E-state index contributed by atoms with van der Waals surface area (Å²) in [5, 5.41) is 0. The third-order valence-corrected chi connectivity index (χ3v) is 3.38. The Morgan fingerprint density at radius 2 is 1.70 bits per heavy atom. The summed E-state index contributed by atoms with van der Waals surface area (Å²) in [7, 11) is 0. The highest BCUT2D eigenvalue weighted by molar-refractivity contribution is 5.76. The van der Waals surface area contributed by atoms with Crippen molar-refractivity contribution in [3.05, 3.63) is 64.5 Å². The van der Waals surface area contributed by atoms with Crippen molar-refractivity contribution in [2.24, 2.45) is 0 Å². The van der Waals surface area contributed by atoms with Crippen LogP contribution in [0.1, 0.15) is 22.3 Å². The molecule has 0 atom stereocenters. The Kier molecular flexibility index (Phi) is 4.18.